The average Bonchev–Trinajstić information content (AvgIpc) is 3.01. The Morgan fingerprint density at radius 1 is 1.43 bits per heavy atom. The Kier molecular flexibility index (Phi) is 11.9. The summed E-state index contributed by atoms with van der Waals surface area (Å²) in [5.74, 6) is 2.27. The molecule has 0 radical (unpaired) electrons. The number of nitrogens with zero attached hydrogens (tertiary/aromatic N) is 1. The van der Waals surface area contributed by atoms with E-state index in [1.165, 1.54) is 0 Å². The lowest BCUT2D eigenvalue weighted by molar-refractivity contribution is -0.124. The summed E-state index contributed by atoms with van der Waals surface area (Å²) in [4.78, 5) is 14.5. The number of carbonyl (C=O) groups excluding carboxylic acids is 1. The summed E-state index contributed by atoms with van der Waals surface area (Å²) in [5.41, 5.74) is 5.65. The molecule has 0 spiro atoms. The molecule has 138 valence electrons. The van der Waals surface area contributed by atoms with Crippen LogP contribution >= 0.6 is 36.6 Å². The number of nitrogens with two attached hydrogens (primary N) is 1. The summed E-state index contributed by atoms with van der Waals surface area (Å²) in [6.07, 6.45) is 1.27. The summed E-state index contributed by atoms with van der Waals surface area (Å²) >= 11 is 1.97. The van der Waals surface area contributed by atoms with E-state index in [-0.39, 0.29) is 42.4 Å². The second-order valence-electron chi connectivity index (χ2n) is 5.70. The summed E-state index contributed by atoms with van der Waals surface area (Å²) in [7, 11) is 1.59. The Labute approximate surface area is 155 Å². The van der Waals surface area contributed by atoms with Crippen molar-refractivity contribution in [3.05, 3.63) is 0 Å². The van der Waals surface area contributed by atoms with Gasteiger partial charge in [-0.1, -0.05) is 0 Å². The van der Waals surface area contributed by atoms with Gasteiger partial charge in [-0.05, 0) is 12.2 Å². The minimum absolute atomic E-state index is 0. The van der Waals surface area contributed by atoms with Crippen molar-refractivity contribution in [3.8, 4) is 0 Å². The highest BCUT2D eigenvalue weighted by Gasteiger charge is 2.40. The third-order valence-electron chi connectivity index (χ3n) is 4.39. The van der Waals surface area contributed by atoms with Crippen LogP contribution in [0.15, 0.2) is 0 Å². The monoisotopic (exact) mass is 389 g/mol. The fraction of sp³-hybridized carbons (Fsp3) is 0.929. The number of halogens is 2. The third-order valence-corrected chi connectivity index (χ3v) is 5.62. The van der Waals surface area contributed by atoms with Crippen LogP contribution in [-0.2, 0) is 14.3 Å². The second-order valence-corrected chi connectivity index (χ2v) is 6.81. The zero-order valence-electron chi connectivity index (χ0n) is 13.6. The van der Waals surface area contributed by atoms with Gasteiger partial charge >= 0.3 is 0 Å². The zero-order chi connectivity index (χ0) is 15.1. The molecule has 3 N–H and O–H groups in total. The number of thioether (sulfide) groups is 1. The van der Waals surface area contributed by atoms with Crippen LogP contribution in [-0.4, -0.2) is 80.5 Å². The van der Waals surface area contributed by atoms with E-state index in [1.54, 1.807) is 7.11 Å². The van der Waals surface area contributed by atoms with Crippen molar-refractivity contribution in [1.82, 2.24) is 10.2 Å². The SMILES string of the molecule is COC(CN)CC(=O)NCC1(N2CCOCC2)CCSC1.Cl.Cl. The molecule has 0 bridgehead atoms. The summed E-state index contributed by atoms with van der Waals surface area (Å²) in [6, 6.07) is 0. The van der Waals surface area contributed by atoms with Gasteiger partial charge in [0.25, 0.3) is 0 Å². The molecule has 2 unspecified atom stereocenters. The number of hydrogen-bond acceptors (Lipinski definition) is 6. The molecule has 6 nitrogen and oxygen atoms in total. The number of methoxy groups -OCH3 is 1. The van der Waals surface area contributed by atoms with Gasteiger partial charge in [-0.15, -0.1) is 24.8 Å². The quantitative estimate of drug-likeness (QED) is 0.660. The number of amides is 1. The molecule has 2 fully saturated rings. The molecule has 9 heteroatoms. The number of ether oxygens (including phenoxy) is 2. The first-order valence-electron chi connectivity index (χ1n) is 7.60. The zero-order valence-corrected chi connectivity index (χ0v) is 16.1. The average molecular weight is 390 g/mol. The lowest BCUT2D eigenvalue weighted by atomic mass is 9.95. The molecule has 0 aromatic carbocycles. The van der Waals surface area contributed by atoms with E-state index >= 15 is 0 Å². The maximum Gasteiger partial charge on any atom is 0.222 e. The molecule has 2 rings (SSSR count). The highest BCUT2D eigenvalue weighted by Crippen LogP contribution is 2.33. The molecule has 0 aromatic heterocycles. The predicted molar refractivity (Wildman–Crippen MR) is 99.0 cm³/mol. The summed E-state index contributed by atoms with van der Waals surface area (Å²) in [5, 5.41) is 3.09. The highest BCUT2D eigenvalue weighted by atomic mass is 35.5. The number of nitrogens with one attached hydrogen (secondary N) is 1. The number of carbonyl (C=O) groups is 1. The van der Waals surface area contributed by atoms with E-state index in [0.29, 0.717) is 19.5 Å². The first-order valence-corrected chi connectivity index (χ1v) is 8.76. The third kappa shape index (κ3) is 6.57. The van der Waals surface area contributed by atoms with Gasteiger partial charge in [0.2, 0.25) is 5.91 Å². The first-order chi connectivity index (χ1) is 10.2. The molecule has 2 atom stereocenters. The van der Waals surface area contributed by atoms with E-state index in [4.69, 9.17) is 15.2 Å². The van der Waals surface area contributed by atoms with Crippen molar-refractivity contribution in [2.45, 2.75) is 24.5 Å². The van der Waals surface area contributed by atoms with Crippen LogP contribution in [0.4, 0.5) is 0 Å². The van der Waals surface area contributed by atoms with E-state index in [9.17, 15) is 4.79 Å². The lowest BCUT2D eigenvalue weighted by Gasteiger charge is -2.43. The molecule has 2 saturated heterocycles. The van der Waals surface area contributed by atoms with Crippen LogP contribution in [0.25, 0.3) is 0 Å². The van der Waals surface area contributed by atoms with E-state index in [0.717, 1.165) is 44.2 Å². The molecule has 2 aliphatic rings. The Hall–Kier alpha value is 0.240. The van der Waals surface area contributed by atoms with Gasteiger partial charge in [0.1, 0.15) is 0 Å². The minimum Gasteiger partial charge on any atom is -0.380 e. The number of rotatable bonds is 7. The standard InChI is InChI=1S/C14H27N3O3S.2ClH/c1-19-12(9-15)8-13(18)16-10-14(2-7-21-11-14)17-3-5-20-6-4-17;;/h12H,2-11,15H2,1H3,(H,16,18);2*1H. The van der Waals surface area contributed by atoms with Crippen molar-refractivity contribution in [3.63, 3.8) is 0 Å². The van der Waals surface area contributed by atoms with Gasteiger partial charge in [-0.3, -0.25) is 9.69 Å². The van der Waals surface area contributed by atoms with Crippen molar-refractivity contribution in [2.75, 3.05) is 58.0 Å². The Morgan fingerprint density at radius 3 is 2.65 bits per heavy atom. The molecule has 0 saturated carbocycles. The van der Waals surface area contributed by atoms with Gasteiger partial charge in [0, 0.05) is 44.6 Å². The second kappa shape index (κ2) is 11.7. The molecule has 0 aliphatic carbocycles. The molecule has 1 amide bonds. The van der Waals surface area contributed by atoms with Crippen LogP contribution in [0, 0.1) is 0 Å². The van der Waals surface area contributed by atoms with Crippen LogP contribution < -0.4 is 11.1 Å². The Balaban J connectivity index is 0.00000242. The summed E-state index contributed by atoms with van der Waals surface area (Å²) in [6.45, 7) is 4.58. The maximum absolute atomic E-state index is 12.1. The smallest absolute Gasteiger partial charge is 0.222 e. The van der Waals surface area contributed by atoms with Crippen LogP contribution in [0.3, 0.4) is 0 Å². The molecule has 23 heavy (non-hydrogen) atoms. The molecular formula is C14H29Cl2N3O3S. The van der Waals surface area contributed by atoms with Crippen LogP contribution in [0.1, 0.15) is 12.8 Å². The fourth-order valence-electron chi connectivity index (χ4n) is 2.94. The van der Waals surface area contributed by atoms with Crippen LogP contribution in [0.5, 0.6) is 0 Å². The van der Waals surface area contributed by atoms with Crippen molar-refractivity contribution in [1.29, 1.82) is 0 Å². The largest absolute Gasteiger partial charge is 0.380 e. The van der Waals surface area contributed by atoms with Crippen LogP contribution in [0.2, 0.25) is 0 Å². The van der Waals surface area contributed by atoms with Gasteiger partial charge in [0.15, 0.2) is 0 Å². The minimum atomic E-state index is -0.192. The van der Waals surface area contributed by atoms with Gasteiger partial charge < -0.3 is 20.5 Å². The molecule has 2 heterocycles. The van der Waals surface area contributed by atoms with E-state index in [2.05, 4.69) is 10.2 Å². The Bertz CT molecular complexity index is 337. The van der Waals surface area contributed by atoms with Crippen molar-refractivity contribution >= 4 is 42.5 Å². The first kappa shape index (κ1) is 23.2. The lowest BCUT2D eigenvalue weighted by Crippen LogP contribution is -2.59. The van der Waals surface area contributed by atoms with Gasteiger partial charge in [-0.25, -0.2) is 0 Å². The van der Waals surface area contributed by atoms with Gasteiger partial charge in [0.05, 0.1) is 25.7 Å². The van der Waals surface area contributed by atoms with Crippen molar-refractivity contribution < 1.29 is 14.3 Å². The maximum atomic E-state index is 12.1. The molecule has 2 aliphatic heterocycles. The normalized spacial score (nSPS) is 26.0. The fourth-order valence-corrected chi connectivity index (χ4v) is 4.42. The Morgan fingerprint density at radius 2 is 2.13 bits per heavy atom. The number of morpholine rings is 1. The number of hydrogen-bond donors (Lipinski definition) is 2. The summed E-state index contributed by atoms with van der Waals surface area (Å²) < 4.78 is 10.6. The topological polar surface area (TPSA) is 76.8 Å². The molecular weight excluding hydrogens is 361 g/mol. The van der Waals surface area contributed by atoms with E-state index < -0.39 is 0 Å². The predicted octanol–water partition coefficient (Wildman–Crippen LogP) is 0.518. The van der Waals surface area contributed by atoms with Gasteiger partial charge in [-0.2, -0.15) is 11.8 Å². The van der Waals surface area contributed by atoms with Crippen molar-refractivity contribution in [2.24, 2.45) is 5.73 Å². The molecule has 0 aromatic rings. The van der Waals surface area contributed by atoms with E-state index in [1.807, 2.05) is 11.8 Å². The highest BCUT2D eigenvalue weighted by molar-refractivity contribution is 7.99.